The Hall–Kier alpha value is -0.890. The van der Waals surface area contributed by atoms with Crippen molar-refractivity contribution in [3.63, 3.8) is 0 Å². The largest absolute Gasteiger partial charge is 0.392 e. The average Bonchev–Trinajstić information content (AvgIpc) is 2.50. The molecule has 1 aliphatic carbocycles. The standard InChI is InChI=1S/C9H11NO/c11-6-7-4-5-10-9-3-1-2-8(7)9/h4-5,11H,1-3,6H2. The van der Waals surface area contributed by atoms with Gasteiger partial charge < -0.3 is 5.11 Å². The topological polar surface area (TPSA) is 33.1 Å². The van der Waals surface area contributed by atoms with E-state index in [4.69, 9.17) is 5.11 Å². The molecule has 1 heterocycles. The van der Waals surface area contributed by atoms with E-state index in [1.165, 1.54) is 17.7 Å². The highest BCUT2D eigenvalue weighted by Crippen LogP contribution is 2.22. The summed E-state index contributed by atoms with van der Waals surface area (Å²) in [5.41, 5.74) is 3.54. The van der Waals surface area contributed by atoms with Crippen LogP contribution >= 0.6 is 0 Å². The summed E-state index contributed by atoms with van der Waals surface area (Å²) >= 11 is 0. The van der Waals surface area contributed by atoms with Crippen molar-refractivity contribution in [2.45, 2.75) is 25.9 Å². The monoisotopic (exact) mass is 149 g/mol. The molecule has 11 heavy (non-hydrogen) atoms. The predicted molar refractivity (Wildman–Crippen MR) is 42.2 cm³/mol. The van der Waals surface area contributed by atoms with Crippen LogP contribution in [-0.4, -0.2) is 10.1 Å². The van der Waals surface area contributed by atoms with Gasteiger partial charge >= 0.3 is 0 Å². The zero-order valence-corrected chi connectivity index (χ0v) is 6.38. The summed E-state index contributed by atoms with van der Waals surface area (Å²) in [6.45, 7) is 0.158. The second-order valence-corrected chi connectivity index (χ2v) is 2.91. The quantitative estimate of drug-likeness (QED) is 0.647. The Labute approximate surface area is 65.9 Å². The Morgan fingerprint density at radius 1 is 1.45 bits per heavy atom. The lowest BCUT2D eigenvalue weighted by Gasteiger charge is -2.02. The lowest BCUT2D eigenvalue weighted by molar-refractivity contribution is 0.280. The van der Waals surface area contributed by atoms with E-state index < -0.39 is 0 Å². The minimum Gasteiger partial charge on any atom is -0.392 e. The second kappa shape index (κ2) is 2.62. The minimum atomic E-state index is 0.158. The molecule has 0 saturated carbocycles. The van der Waals surface area contributed by atoms with Gasteiger partial charge in [0.05, 0.1) is 6.61 Å². The Morgan fingerprint density at radius 3 is 3.18 bits per heavy atom. The van der Waals surface area contributed by atoms with Gasteiger partial charge in [0.25, 0.3) is 0 Å². The first kappa shape index (κ1) is 6.80. The van der Waals surface area contributed by atoms with Gasteiger partial charge in [0.15, 0.2) is 0 Å². The molecule has 0 spiro atoms. The number of hydrogen-bond acceptors (Lipinski definition) is 2. The van der Waals surface area contributed by atoms with Gasteiger partial charge in [0.2, 0.25) is 0 Å². The molecular formula is C9H11NO. The number of aromatic nitrogens is 1. The van der Waals surface area contributed by atoms with Crippen LogP contribution in [-0.2, 0) is 19.4 Å². The van der Waals surface area contributed by atoms with Crippen LogP contribution in [0.5, 0.6) is 0 Å². The highest BCUT2D eigenvalue weighted by atomic mass is 16.3. The molecule has 0 aliphatic heterocycles. The molecule has 0 aromatic carbocycles. The zero-order valence-electron chi connectivity index (χ0n) is 6.38. The SMILES string of the molecule is OCc1ccnc2c1CCC2. The van der Waals surface area contributed by atoms with Crippen molar-refractivity contribution >= 4 is 0 Å². The van der Waals surface area contributed by atoms with E-state index in [0.29, 0.717) is 0 Å². The van der Waals surface area contributed by atoms with E-state index in [1.54, 1.807) is 6.20 Å². The molecule has 2 nitrogen and oxygen atoms in total. The maximum atomic E-state index is 8.97. The smallest absolute Gasteiger partial charge is 0.0685 e. The van der Waals surface area contributed by atoms with E-state index in [9.17, 15) is 0 Å². The van der Waals surface area contributed by atoms with E-state index in [2.05, 4.69) is 4.98 Å². The van der Waals surface area contributed by atoms with E-state index >= 15 is 0 Å². The summed E-state index contributed by atoms with van der Waals surface area (Å²) in [5, 5.41) is 8.97. The van der Waals surface area contributed by atoms with E-state index in [-0.39, 0.29) is 6.61 Å². The highest BCUT2D eigenvalue weighted by Gasteiger charge is 2.14. The summed E-state index contributed by atoms with van der Waals surface area (Å²) in [7, 11) is 0. The fourth-order valence-corrected chi connectivity index (χ4v) is 1.68. The second-order valence-electron chi connectivity index (χ2n) is 2.91. The molecule has 0 fully saturated rings. The number of pyridine rings is 1. The Bertz CT molecular complexity index is 270. The van der Waals surface area contributed by atoms with Gasteiger partial charge in [-0.1, -0.05) is 0 Å². The first-order chi connectivity index (χ1) is 5.42. The van der Waals surface area contributed by atoms with Crippen LogP contribution in [0.3, 0.4) is 0 Å². The molecule has 0 saturated heterocycles. The average molecular weight is 149 g/mol. The zero-order chi connectivity index (χ0) is 7.68. The van der Waals surface area contributed by atoms with Gasteiger partial charge in [-0.2, -0.15) is 0 Å². The molecule has 0 atom stereocenters. The molecular weight excluding hydrogens is 138 g/mol. The van der Waals surface area contributed by atoms with Crippen LogP contribution in [0.2, 0.25) is 0 Å². The van der Waals surface area contributed by atoms with Crippen LogP contribution in [0, 0.1) is 0 Å². The summed E-state index contributed by atoms with van der Waals surface area (Å²) < 4.78 is 0. The van der Waals surface area contributed by atoms with Crippen molar-refractivity contribution in [3.05, 3.63) is 29.1 Å². The third-order valence-electron chi connectivity index (χ3n) is 2.25. The fourth-order valence-electron chi connectivity index (χ4n) is 1.68. The van der Waals surface area contributed by atoms with Crippen LogP contribution < -0.4 is 0 Å². The molecule has 1 aromatic rings. The maximum Gasteiger partial charge on any atom is 0.0685 e. The minimum absolute atomic E-state index is 0.158. The molecule has 1 aromatic heterocycles. The molecule has 0 amide bonds. The molecule has 0 unspecified atom stereocenters. The number of rotatable bonds is 1. The van der Waals surface area contributed by atoms with Crippen molar-refractivity contribution in [1.82, 2.24) is 4.98 Å². The van der Waals surface area contributed by atoms with Crippen molar-refractivity contribution in [1.29, 1.82) is 0 Å². The lowest BCUT2D eigenvalue weighted by Crippen LogP contribution is -1.94. The first-order valence-electron chi connectivity index (χ1n) is 3.98. The number of aliphatic hydroxyl groups is 1. The van der Waals surface area contributed by atoms with Gasteiger partial charge in [0, 0.05) is 11.9 Å². The predicted octanol–water partition coefficient (Wildman–Crippen LogP) is 1.06. The number of fused-ring (bicyclic) bond motifs is 1. The summed E-state index contributed by atoms with van der Waals surface area (Å²) in [6, 6.07) is 1.91. The lowest BCUT2D eigenvalue weighted by atomic mass is 10.1. The normalized spacial score (nSPS) is 15.0. The number of nitrogens with zero attached hydrogens (tertiary/aromatic N) is 1. The van der Waals surface area contributed by atoms with E-state index in [1.807, 2.05) is 6.07 Å². The van der Waals surface area contributed by atoms with Crippen molar-refractivity contribution in [3.8, 4) is 0 Å². The third kappa shape index (κ3) is 1.03. The summed E-state index contributed by atoms with van der Waals surface area (Å²) in [4.78, 5) is 4.26. The van der Waals surface area contributed by atoms with Crippen LogP contribution in [0.15, 0.2) is 12.3 Å². The summed E-state index contributed by atoms with van der Waals surface area (Å²) in [6.07, 6.45) is 5.16. The van der Waals surface area contributed by atoms with Gasteiger partial charge in [-0.15, -0.1) is 0 Å². The molecule has 2 rings (SSSR count). The van der Waals surface area contributed by atoms with Gasteiger partial charge in [-0.25, -0.2) is 0 Å². The Balaban J connectivity index is 2.50. The number of aryl methyl sites for hydroxylation is 1. The number of aliphatic hydroxyl groups excluding tert-OH is 1. The van der Waals surface area contributed by atoms with E-state index in [0.717, 1.165) is 18.4 Å². The van der Waals surface area contributed by atoms with Crippen molar-refractivity contribution < 1.29 is 5.11 Å². The Kier molecular flexibility index (Phi) is 1.62. The van der Waals surface area contributed by atoms with Crippen LogP contribution in [0.4, 0.5) is 0 Å². The third-order valence-corrected chi connectivity index (χ3v) is 2.25. The highest BCUT2D eigenvalue weighted by molar-refractivity contribution is 5.32. The van der Waals surface area contributed by atoms with Crippen LogP contribution in [0.1, 0.15) is 23.2 Å². The number of hydrogen-bond donors (Lipinski definition) is 1. The molecule has 58 valence electrons. The maximum absolute atomic E-state index is 8.97. The molecule has 2 heteroatoms. The molecule has 0 radical (unpaired) electrons. The molecule has 1 N–H and O–H groups in total. The van der Waals surface area contributed by atoms with Gasteiger partial charge in [0.1, 0.15) is 0 Å². The van der Waals surface area contributed by atoms with Crippen LogP contribution in [0.25, 0.3) is 0 Å². The van der Waals surface area contributed by atoms with Crippen molar-refractivity contribution in [2.24, 2.45) is 0 Å². The fraction of sp³-hybridized carbons (Fsp3) is 0.444. The van der Waals surface area contributed by atoms with Crippen molar-refractivity contribution in [2.75, 3.05) is 0 Å². The van der Waals surface area contributed by atoms with Gasteiger partial charge in [-0.05, 0) is 36.5 Å². The molecule has 0 bridgehead atoms. The Morgan fingerprint density at radius 2 is 2.36 bits per heavy atom. The summed E-state index contributed by atoms with van der Waals surface area (Å²) in [5.74, 6) is 0. The van der Waals surface area contributed by atoms with Gasteiger partial charge in [-0.3, -0.25) is 4.98 Å². The molecule has 1 aliphatic rings. The first-order valence-corrected chi connectivity index (χ1v) is 3.98.